The summed E-state index contributed by atoms with van der Waals surface area (Å²) in [5, 5.41) is 7.00. The van der Waals surface area contributed by atoms with Crippen LogP contribution in [0, 0.1) is 18.8 Å². The van der Waals surface area contributed by atoms with Gasteiger partial charge in [-0.2, -0.15) is 5.10 Å². The second-order valence-corrected chi connectivity index (χ2v) is 9.99. The van der Waals surface area contributed by atoms with Crippen LogP contribution in [0.5, 0.6) is 0 Å². The molecule has 1 aliphatic heterocycles. The minimum atomic E-state index is -0.509. The van der Waals surface area contributed by atoms with E-state index in [4.69, 9.17) is 0 Å². The number of carbonyl (C=O) groups is 3. The van der Waals surface area contributed by atoms with Crippen molar-refractivity contribution in [2.75, 3.05) is 20.1 Å². The summed E-state index contributed by atoms with van der Waals surface area (Å²) in [5.74, 6) is 0.0959. The van der Waals surface area contributed by atoms with Gasteiger partial charge in [0.2, 0.25) is 17.7 Å². The van der Waals surface area contributed by atoms with Crippen LogP contribution in [0.25, 0.3) is 0 Å². The molecule has 1 aromatic heterocycles. The number of likely N-dealkylation sites (tertiary alicyclic amines) is 1. The van der Waals surface area contributed by atoms with E-state index >= 15 is 0 Å². The molecule has 0 bridgehead atoms. The standard InChI is InChI=1S/C27H39N5O3/c1-19(2)26(29-21(4)33)27(35)31-15-11-22(12-16-31)24(17-23-10-7-6-9-20(23)3)30(5)25(34)18-32-14-8-13-28-32/h6-10,13-14,19,22,24,26H,11-12,15-18H2,1-5H3,(H,29,33)/t24-,26+/m0/s1. The molecule has 0 radical (unpaired) electrons. The number of nitrogens with one attached hydrogen (secondary N) is 1. The summed E-state index contributed by atoms with van der Waals surface area (Å²) in [6, 6.07) is 9.64. The number of hydrogen-bond acceptors (Lipinski definition) is 4. The average molecular weight is 482 g/mol. The van der Waals surface area contributed by atoms with E-state index in [0.717, 1.165) is 19.3 Å². The molecule has 1 fully saturated rings. The maximum atomic E-state index is 13.2. The highest BCUT2D eigenvalue weighted by Gasteiger charge is 2.35. The van der Waals surface area contributed by atoms with Crippen LogP contribution >= 0.6 is 0 Å². The molecule has 0 aliphatic carbocycles. The highest BCUT2D eigenvalue weighted by molar-refractivity contribution is 5.87. The van der Waals surface area contributed by atoms with Crippen molar-refractivity contribution in [1.82, 2.24) is 24.9 Å². The first kappa shape index (κ1) is 26.4. The molecule has 2 aromatic rings. The highest BCUT2D eigenvalue weighted by atomic mass is 16.2. The Balaban J connectivity index is 1.73. The first-order chi connectivity index (χ1) is 16.7. The zero-order valence-electron chi connectivity index (χ0n) is 21.6. The van der Waals surface area contributed by atoms with E-state index in [1.807, 2.05) is 48.9 Å². The van der Waals surface area contributed by atoms with Crippen molar-refractivity contribution in [3.05, 3.63) is 53.9 Å². The van der Waals surface area contributed by atoms with E-state index in [9.17, 15) is 14.4 Å². The van der Waals surface area contributed by atoms with Crippen LogP contribution < -0.4 is 5.32 Å². The van der Waals surface area contributed by atoms with Gasteiger partial charge >= 0.3 is 0 Å². The number of amides is 3. The number of carbonyl (C=O) groups excluding carboxylic acids is 3. The predicted octanol–water partition coefficient (Wildman–Crippen LogP) is 2.66. The van der Waals surface area contributed by atoms with Gasteiger partial charge in [-0.25, -0.2) is 0 Å². The maximum absolute atomic E-state index is 13.2. The number of likely N-dealkylation sites (N-methyl/N-ethyl adjacent to an activating group) is 1. The lowest BCUT2D eigenvalue weighted by Crippen LogP contribution is -2.54. The molecule has 1 aliphatic rings. The average Bonchev–Trinajstić information content (AvgIpc) is 3.34. The monoisotopic (exact) mass is 481 g/mol. The van der Waals surface area contributed by atoms with Crippen LogP contribution in [-0.4, -0.2) is 69.5 Å². The van der Waals surface area contributed by atoms with E-state index in [2.05, 4.69) is 29.5 Å². The van der Waals surface area contributed by atoms with E-state index in [1.165, 1.54) is 18.1 Å². The number of benzene rings is 1. The Morgan fingerprint density at radius 1 is 1.14 bits per heavy atom. The fourth-order valence-corrected chi connectivity index (χ4v) is 4.95. The SMILES string of the molecule is CC(=O)N[C@@H](C(=O)N1CCC([C@H](Cc2ccccc2C)N(C)C(=O)Cn2cccn2)CC1)C(C)C. The first-order valence-corrected chi connectivity index (χ1v) is 12.5. The van der Waals surface area contributed by atoms with Gasteiger partial charge in [0.05, 0.1) is 0 Å². The smallest absolute Gasteiger partial charge is 0.245 e. The molecule has 8 nitrogen and oxygen atoms in total. The molecule has 3 amide bonds. The zero-order valence-corrected chi connectivity index (χ0v) is 21.6. The number of rotatable bonds is 9. The van der Waals surface area contributed by atoms with Gasteiger partial charge in [-0.05, 0) is 55.2 Å². The summed E-state index contributed by atoms with van der Waals surface area (Å²) in [5.41, 5.74) is 2.45. The van der Waals surface area contributed by atoms with Crippen LogP contribution in [0.4, 0.5) is 0 Å². The van der Waals surface area contributed by atoms with E-state index < -0.39 is 6.04 Å². The Kier molecular flexibility index (Phi) is 9.07. The Morgan fingerprint density at radius 3 is 2.40 bits per heavy atom. The molecule has 35 heavy (non-hydrogen) atoms. The molecule has 1 N–H and O–H groups in total. The van der Waals surface area contributed by atoms with Gasteiger partial charge in [-0.1, -0.05) is 38.1 Å². The molecule has 3 rings (SSSR count). The van der Waals surface area contributed by atoms with Gasteiger partial charge in [-0.3, -0.25) is 19.1 Å². The fraction of sp³-hybridized carbons (Fsp3) is 0.556. The van der Waals surface area contributed by atoms with Crippen LogP contribution in [-0.2, 0) is 27.3 Å². The third kappa shape index (κ3) is 6.93. The third-order valence-corrected chi connectivity index (χ3v) is 7.12. The minimum Gasteiger partial charge on any atom is -0.344 e. The Labute approximate surface area is 208 Å². The van der Waals surface area contributed by atoms with Crippen molar-refractivity contribution in [1.29, 1.82) is 0 Å². The van der Waals surface area contributed by atoms with E-state index in [-0.39, 0.29) is 42.1 Å². The molecule has 2 heterocycles. The Hall–Kier alpha value is -3.16. The lowest BCUT2D eigenvalue weighted by Gasteiger charge is -2.41. The second kappa shape index (κ2) is 12.0. The van der Waals surface area contributed by atoms with E-state index in [1.54, 1.807) is 17.1 Å². The Morgan fingerprint density at radius 2 is 1.83 bits per heavy atom. The van der Waals surface area contributed by atoms with Crippen molar-refractivity contribution in [3.8, 4) is 0 Å². The number of hydrogen-bond donors (Lipinski definition) is 1. The van der Waals surface area contributed by atoms with Crippen molar-refractivity contribution in [3.63, 3.8) is 0 Å². The summed E-state index contributed by atoms with van der Waals surface area (Å²) >= 11 is 0. The molecular formula is C27H39N5O3. The van der Waals surface area contributed by atoms with Crippen LogP contribution in [0.15, 0.2) is 42.7 Å². The van der Waals surface area contributed by atoms with Gasteiger partial charge in [0.25, 0.3) is 0 Å². The van der Waals surface area contributed by atoms with Crippen molar-refractivity contribution < 1.29 is 14.4 Å². The highest BCUT2D eigenvalue weighted by Crippen LogP contribution is 2.28. The van der Waals surface area contributed by atoms with Gasteiger partial charge < -0.3 is 15.1 Å². The molecule has 1 saturated heterocycles. The summed E-state index contributed by atoms with van der Waals surface area (Å²) < 4.78 is 1.65. The fourth-order valence-electron chi connectivity index (χ4n) is 4.95. The summed E-state index contributed by atoms with van der Waals surface area (Å²) in [6.45, 7) is 8.90. The molecule has 1 aromatic carbocycles. The molecule has 0 saturated carbocycles. The minimum absolute atomic E-state index is 0.0176. The van der Waals surface area contributed by atoms with Crippen molar-refractivity contribution >= 4 is 17.7 Å². The molecule has 8 heteroatoms. The molecule has 190 valence electrons. The maximum Gasteiger partial charge on any atom is 0.245 e. The largest absolute Gasteiger partial charge is 0.344 e. The van der Waals surface area contributed by atoms with Gasteiger partial charge in [0.15, 0.2) is 0 Å². The number of nitrogens with zero attached hydrogens (tertiary/aromatic N) is 4. The van der Waals surface area contributed by atoms with Crippen LogP contribution in [0.2, 0.25) is 0 Å². The van der Waals surface area contributed by atoms with Crippen LogP contribution in [0.1, 0.15) is 44.7 Å². The lowest BCUT2D eigenvalue weighted by atomic mass is 9.84. The second-order valence-electron chi connectivity index (χ2n) is 9.99. The summed E-state index contributed by atoms with van der Waals surface area (Å²) in [7, 11) is 1.89. The summed E-state index contributed by atoms with van der Waals surface area (Å²) in [4.78, 5) is 41.7. The first-order valence-electron chi connectivity index (χ1n) is 12.5. The topological polar surface area (TPSA) is 87.5 Å². The number of aromatic nitrogens is 2. The van der Waals surface area contributed by atoms with Crippen molar-refractivity contribution in [2.45, 2.75) is 65.6 Å². The normalized spacial score (nSPS) is 16.1. The van der Waals surface area contributed by atoms with Crippen LogP contribution in [0.3, 0.4) is 0 Å². The number of aryl methyl sites for hydroxylation is 1. The third-order valence-electron chi connectivity index (χ3n) is 7.12. The van der Waals surface area contributed by atoms with Crippen molar-refractivity contribution in [2.24, 2.45) is 11.8 Å². The number of piperidine rings is 1. The molecular weight excluding hydrogens is 442 g/mol. The van der Waals surface area contributed by atoms with E-state index in [0.29, 0.717) is 13.1 Å². The van der Waals surface area contributed by atoms with Gasteiger partial charge in [-0.15, -0.1) is 0 Å². The quantitative estimate of drug-likeness (QED) is 0.597. The summed E-state index contributed by atoms with van der Waals surface area (Å²) in [6.07, 6.45) is 5.87. The predicted molar refractivity (Wildman–Crippen MR) is 135 cm³/mol. The molecule has 0 unspecified atom stereocenters. The van der Waals surface area contributed by atoms with Gasteiger partial charge in [0.1, 0.15) is 12.6 Å². The lowest BCUT2D eigenvalue weighted by molar-refractivity contribution is -0.140. The molecule has 0 spiro atoms. The zero-order chi connectivity index (χ0) is 25.5. The van der Waals surface area contributed by atoms with Gasteiger partial charge in [0, 0.05) is 45.5 Å². The Bertz CT molecular complexity index is 996. The molecule has 2 atom stereocenters.